The summed E-state index contributed by atoms with van der Waals surface area (Å²) in [5.41, 5.74) is 5.23. The van der Waals surface area contributed by atoms with Gasteiger partial charge in [-0.05, 0) is 19.8 Å². The predicted molar refractivity (Wildman–Crippen MR) is 62.7 cm³/mol. The molecule has 0 heterocycles. The Hall–Kier alpha value is -1.64. The molecule has 1 amide bonds. The van der Waals surface area contributed by atoms with E-state index in [1.54, 1.807) is 0 Å². The second-order valence-corrected chi connectivity index (χ2v) is 4.34. The SMILES string of the molecule is C[C@@H](NC(=O)CCCC[C@@H](N)C(=O)O)C(=O)C(F)(F)F. The normalized spacial score (nSPS) is 14.4. The molecule has 0 aromatic carbocycles. The van der Waals surface area contributed by atoms with Gasteiger partial charge in [-0.1, -0.05) is 6.42 Å². The van der Waals surface area contributed by atoms with Crippen LogP contribution in [-0.4, -0.2) is 41.0 Å². The lowest BCUT2D eigenvalue weighted by molar-refractivity contribution is -0.173. The summed E-state index contributed by atoms with van der Waals surface area (Å²) in [5, 5.41) is 10.4. The molecule has 0 rings (SSSR count). The second kappa shape index (κ2) is 7.83. The lowest BCUT2D eigenvalue weighted by atomic mass is 10.1. The summed E-state index contributed by atoms with van der Waals surface area (Å²) < 4.78 is 36.2. The quantitative estimate of drug-likeness (QED) is 0.568. The minimum absolute atomic E-state index is 0.0954. The van der Waals surface area contributed by atoms with Crippen molar-refractivity contribution in [3.63, 3.8) is 0 Å². The van der Waals surface area contributed by atoms with Gasteiger partial charge in [-0.15, -0.1) is 0 Å². The number of unbranched alkanes of at least 4 members (excludes halogenated alkanes) is 1. The van der Waals surface area contributed by atoms with E-state index in [0.29, 0.717) is 6.42 Å². The first-order chi connectivity index (χ1) is 9.05. The molecular weight excluding hydrogens is 281 g/mol. The van der Waals surface area contributed by atoms with Crippen LogP contribution in [-0.2, 0) is 14.4 Å². The second-order valence-electron chi connectivity index (χ2n) is 4.34. The molecule has 116 valence electrons. The van der Waals surface area contributed by atoms with Crippen LogP contribution in [0.1, 0.15) is 32.6 Å². The van der Waals surface area contributed by atoms with Crippen molar-refractivity contribution in [2.24, 2.45) is 5.73 Å². The minimum atomic E-state index is -4.99. The molecule has 2 atom stereocenters. The number of halogens is 3. The first kappa shape index (κ1) is 18.4. The van der Waals surface area contributed by atoms with Gasteiger partial charge in [0.2, 0.25) is 5.91 Å². The summed E-state index contributed by atoms with van der Waals surface area (Å²) >= 11 is 0. The lowest BCUT2D eigenvalue weighted by Gasteiger charge is -2.14. The molecule has 0 saturated carbocycles. The van der Waals surface area contributed by atoms with Crippen LogP contribution in [0.5, 0.6) is 0 Å². The fourth-order valence-electron chi connectivity index (χ4n) is 1.40. The van der Waals surface area contributed by atoms with E-state index in [2.05, 4.69) is 0 Å². The Balaban J connectivity index is 3.95. The van der Waals surface area contributed by atoms with Crippen molar-refractivity contribution in [2.75, 3.05) is 0 Å². The van der Waals surface area contributed by atoms with Crippen LogP contribution in [0.4, 0.5) is 13.2 Å². The zero-order valence-electron chi connectivity index (χ0n) is 10.9. The van der Waals surface area contributed by atoms with Crippen LogP contribution in [0.2, 0.25) is 0 Å². The van der Waals surface area contributed by atoms with Gasteiger partial charge < -0.3 is 16.2 Å². The largest absolute Gasteiger partial charge is 0.480 e. The van der Waals surface area contributed by atoms with Gasteiger partial charge in [0.1, 0.15) is 6.04 Å². The number of hydrogen-bond acceptors (Lipinski definition) is 4. The van der Waals surface area contributed by atoms with Crippen molar-refractivity contribution in [3.8, 4) is 0 Å². The first-order valence-electron chi connectivity index (χ1n) is 5.94. The number of Topliss-reactive ketones (excluding diaryl/α,β-unsaturated/α-hetero) is 1. The molecule has 6 nitrogen and oxygen atoms in total. The number of alkyl halides is 3. The van der Waals surface area contributed by atoms with Gasteiger partial charge in [-0.25, -0.2) is 0 Å². The number of rotatable bonds is 8. The number of carbonyl (C=O) groups is 3. The van der Waals surface area contributed by atoms with E-state index >= 15 is 0 Å². The van der Waals surface area contributed by atoms with E-state index < -0.39 is 35.9 Å². The molecule has 0 fully saturated rings. The number of carbonyl (C=O) groups excluding carboxylic acids is 2. The third-order valence-electron chi connectivity index (χ3n) is 2.54. The van der Waals surface area contributed by atoms with Gasteiger partial charge in [-0.3, -0.25) is 14.4 Å². The van der Waals surface area contributed by atoms with E-state index in [0.717, 1.165) is 6.92 Å². The molecule has 0 unspecified atom stereocenters. The average Bonchev–Trinajstić information content (AvgIpc) is 2.31. The number of nitrogens with two attached hydrogens (primary N) is 1. The first-order valence-corrected chi connectivity index (χ1v) is 5.94. The molecule has 9 heteroatoms. The topological polar surface area (TPSA) is 109 Å². The fourth-order valence-corrected chi connectivity index (χ4v) is 1.40. The standard InChI is InChI=1S/C11H17F3N2O4/c1-6(9(18)11(12,13)14)16-8(17)5-3-2-4-7(15)10(19)20/h6-7H,2-5,15H2,1H3,(H,16,17)(H,19,20)/t6-,7-/m1/s1. The number of aliphatic carboxylic acids is 1. The summed E-state index contributed by atoms with van der Waals surface area (Å²) in [6.45, 7) is 0.952. The maximum absolute atomic E-state index is 12.1. The molecule has 20 heavy (non-hydrogen) atoms. The van der Waals surface area contributed by atoms with Gasteiger partial charge in [0.05, 0.1) is 6.04 Å². The lowest BCUT2D eigenvalue weighted by Crippen LogP contribution is -2.44. The van der Waals surface area contributed by atoms with Crippen LogP contribution in [0.25, 0.3) is 0 Å². The Morgan fingerprint density at radius 2 is 1.80 bits per heavy atom. The molecule has 0 aromatic heterocycles. The molecule has 0 aliphatic carbocycles. The Kier molecular flexibility index (Phi) is 7.19. The van der Waals surface area contributed by atoms with Crippen molar-refractivity contribution >= 4 is 17.7 Å². The molecule has 0 aromatic rings. The molecule has 0 bridgehead atoms. The molecule has 0 aliphatic heterocycles. The summed E-state index contributed by atoms with van der Waals surface area (Å²) in [6.07, 6.45) is -4.29. The van der Waals surface area contributed by atoms with Crippen molar-refractivity contribution < 1.29 is 32.7 Å². The summed E-state index contributed by atoms with van der Waals surface area (Å²) in [5.74, 6) is -3.86. The van der Waals surface area contributed by atoms with E-state index in [4.69, 9.17) is 10.8 Å². The monoisotopic (exact) mass is 298 g/mol. The molecule has 0 spiro atoms. The number of nitrogens with one attached hydrogen (secondary N) is 1. The predicted octanol–water partition coefficient (Wildman–Crippen LogP) is 0.595. The number of hydrogen-bond donors (Lipinski definition) is 3. The van der Waals surface area contributed by atoms with Crippen LogP contribution < -0.4 is 11.1 Å². The average molecular weight is 298 g/mol. The maximum atomic E-state index is 12.1. The summed E-state index contributed by atoms with van der Waals surface area (Å²) in [7, 11) is 0. The molecule has 0 aliphatic rings. The van der Waals surface area contributed by atoms with Gasteiger partial charge >= 0.3 is 12.1 Å². The smallest absolute Gasteiger partial charge is 0.452 e. The number of carboxylic acids is 1. The van der Waals surface area contributed by atoms with E-state index in [1.165, 1.54) is 0 Å². The highest BCUT2D eigenvalue weighted by atomic mass is 19.4. The summed E-state index contributed by atoms with van der Waals surface area (Å²) in [4.78, 5) is 32.5. The molecule has 4 N–H and O–H groups in total. The van der Waals surface area contributed by atoms with Crippen molar-refractivity contribution in [2.45, 2.75) is 50.9 Å². The van der Waals surface area contributed by atoms with Gasteiger partial charge in [-0.2, -0.15) is 13.2 Å². The highest BCUT2D eigenvalue weighted by Crippen LogP contribution is 2.17. The van der Waals surface area contributed by atoms with Crippen LogP contribution in [0.3, 0.4) is 0 Å². The number of carboxylic acid groups (broad SMARTS) is 1. The Bertz CT molecular complexity index is 371. The van der Waals surface area contributed by atoms with Crippen LogP contribution >= 0.6 is 0 Å². The zero-order chi connectivity index (χ0) is 15.9. The maximum Gasteiger partial charge on any atom is 0.452 e. The number of ketones is 1. The fraction of sp³-hybridized carbons (Fsp3) is 0.727. The van der Waals surface area contributed by atoms with Crippen molar-refractivity contribution in [3.05, 3.63) is 0 Å². The van der Waals surface area contributed by atoms with Crippen molar-refractivity contribution in [1.82, 2.24) is 5.32 Å². The van der Waals surface area contributed by atoms with Gasteiger partial charge in [0.15, 0.2) is 0 Å². The van der Waals surface area contributed by atoms with Crippen LogP contribution in [0, 0.1) is 0 Å². The third-order valence-corrected chi connectivity index (χ3v) is 2.54. The molecule has 0 saturated heterocycles. The Morgan fingerprint density at radius 1 is 1.25 bits per heavy atom. The summed E-state index contributed by atoms with van der Waals surface area (Å²) in [6, 6.07) is -2.66. The Labute approximate surface area is 113 Å². The third kappa shape index (κ3) is 7.07. The van der Waals surface area contributed by atoms with Gasteiger partial charge in [0, 0.05) is 6.42 Å². The highest BCUT2D eigenvalue weighted by molar-refractivity contribution is 5.92. The number of amides is 1. The van der Waals surface area contributed by atoms with Gasteiger partial charge in [0.25, 0.3) is 5.78 Å². The van der Waals surface area contributed by atoms with E-state index in [1.807, 2.05) is 5.32 Å². The van der Waals surface area contributed by atoms with E-state index in [-0.39, 0.29) is 19.3 Å². The minimum Gasteiger partial charge on any atom is -0.480 e. The highest BCUT2D eigenvalue weighted by Gasteiger charge is 2.41. The van der Waals surface area contributed by atoms with Crippen LogP contribution in [0.15, 0.2) is 0 Å². The van der Waals surface area contributed by atoms with E-state index in [9.17, 15) is 27.6 Å². The Morgan fingerprint density at radius 3 is 2.25 bits per heavy atom. The molecule has 0 radical (unpaired) electrons. The van der Waals surface area contributed by atoms with Crippen molar-refractivity contribution in [1.29, 1.82) is 0 Å². The molecular formula is C11H17F3N2O4. The zero-order valence-corrected chi connectivity index (χ0v) is 10.9.